The summed E-state index contributed by atoms with van der Waals surface area (Å²) in [6, 6.07) is 1.61. The minimum atomic E-state index is -0.0358. The van der Waals surface area contributed by atoms with Crippen molar-refractivity contribution in [3.8, 4) is 0 Å². The summed E-state index contributed by atoms with van der Waals surface area (Å²) < 4.78 is 0. The van der Waals surface area contributed by atoms with Gasteiger partial charge in [-0.05, 0) is 31.4 Å². The topological polar surface area (TPSA) is 82.0 Å². The van der Waals surface area contributed by atoms with Gasteiger partial charge in [-0.3, -0.25) is 4.79 Å². The fraction of sp³-hybridized carbons (Fsp3) is 0.538. The Kier molecular flexibility index (Phi) is 4.19. The van der Waals surface area contributed by atoms with Gasteiger partial charge in [-0.25, -0.2) is 4.98 Å². The van der Waals surface area contributed by atoms with Gasteiger partial charge in [-0.1, -0.05) is 24.4 Å². The third-order valence-electron chi connectivity index (χ3n) is 3.70. The number of anilines is 1. The maximum atomic E-state index is 12.5. The molecule has 0 amide bonds. The monoisotopic (exact) mass is 267 g/mol. The highest BCUT2D eigenvalue weighted by Gasteiger charge is 2.31. The number of rotatable bonds is 3. The highest BCUT2D eigenvalue weighted by Crippen LogP contribution is 2.33. The summed E-state index contributed by atoms with van der Waals surface area (Å²) in [4.78, 5) is 16.4. The molecule has 1 heterocycles. The molecule has 0 saturated heterocycles. The minimum Gasteiger partial charge on any atom is -0.383 e. The summed E-state index contributed by atoms with van der Waals surface area (Å²) >= 11 is 5.88. The van der Waals surface area contributed by atoms with Crippen LogP contribution in [0.1, 0.15) is 36.0 Å². The van der Waals surface area contributed by atoms with Crippen molar-refractivity contribution in [1.82, 2.24) is 4.98 Å². The van der Waals surface area contributed by atoms with Crippen LogP contribution in [0.15, 0.2) is 12.3 Å². The predicted octanol–water partition coefficient (Wildman–Crippen LogP) is 2.27. The fourth-order valence-corrected chi connectivity index (χ4v) is 2.84. The van der Waals surface area contributed by atoms with Crippen LogP contribution in [0.2, 0.25) is 5.02 Å². The minimum absolute atomic E-state index is 0.0358. The van der Waals surface area contributed by atoms with Crippen LogP contribution in [0.5, 0.6) is 0 Å². The van der Waals surface area contributed by atoms with Crippen LogP contribution < -0.4 is 11.5 Å². The van der Waals surface area contributed by atoms with E-state index in [9.17, 15) is 4.79 Å². The van der Waals surface area contributed by atoms with E-state index in [-0.39, 0.29) is 23.4 Å². The zero-order chi connectivity index (χ0) is 13.1. The molecule has 5 heteroatoms. The Morgan fingerprint density at radius 3 is 2.89 bits per heavy atom. The number of ketones is 1. The van der Waals surface area contributed by atoms with E-state index in [1.54, 1.807) is 6.07 Å². The molecule has 1 aliphatic rings. The molecule has 1 fully saturated rings. The zero-order valence-corrected chi connectivity index (χ0v) is 11.0. The van der Waals surface area contributed by atoms with Gasteiger partial charge >= 0.3 is 0 Å². The van der Waals surface area contributed by atoms with Gasteiger partial charge in [0.2, 0.25) is 0 Å². The van der Waals surface area contributed by atoms with Crippen molar-refractivity contribution in [1.29, 1.82) is 0 Å². The molecule has 18 heavy (non-hydrogen) atoms. The molecular weight excluding hydrogens is 250 g/mol. The van der Waals surface area contributed by atoms with E-state index in [2.05, 4.69) is 4.98 Å². The first-order valence-corrected chi connectivity index (χ1v) is 6.66. The second-order valence-electron chi connectivity index (χ2n) is 4.84. The molecule has 0 bridgehead atoms. The molecule has 1 aromatic rings. The summed E-state index contributed by atoms with van der Waals surface area (Å²) in [5.41, 5.74) is 12.0. The Morgan fingerprint density at radius 1 is 1.44 bits per heavy atom. The third-order valence-corrected chi connectivity index (χ3v) is 3.91. The molecule has 1 aromatic heterocycles. The summed E-state index contributed by atoms with van der Waals surface area (Å²) in [6.07, 6.45) is 5.57. The number of halogens is 1. The first-order chi connectivity index (χ1) is 8.63. The van der Waals surface area contributed by atoms with E-state index in [0.717, 1.165) is 25.7 Å². The molecule has 0 radical (unpaired) electrons. The van der Waals surface area contributed by atoms with Crippen LogP contribution in [0, 0.1) is 11.8 Å². The maximum absolute atomic E-state index is 12.5. The SMILES string of the molecule is NCC1CCCCC1C(=O)c1cc(Cl)cnc1N. The number of carbonyl (C=O) groups is 1. The normalized spacial score (nSPS) is 23.9. The first kappa shape index (κ1) is 13.3. The number of nitrogens with zero attached hydrogens (tertiary/aromatic N) is 1. The van der Waals surface area contributed by atoms with Crippen molar-refractivity contribution in [3.63, 3.8) is 0 Å². The lowest BCUT2D eigenvalue weighted by Crippen LogP contribution is -2.32. The number of nitrogens with two attached hydrogens (primary N) is 2. The van der Waals surface area contributed by atoms with Crippen LogP contribution in [0.25, 0.3) is 0 Å². The molecule has 98 valence electrons. The lowest BCUT2D eigenvalue weighted by molar-refractivity contribution is 0.0830. The van der Waals surface area contributed by atoms with E-state index < -0.39 is 0 Å². The molecular formula is C13H18ClN3O. The van der Waals surface area contributed by atoms with E-state index in [4.69, 9.17) is 23.1 Å². The summed E-state index contributed by atoms with van der Waals surface area (Å²) in [5, 5.41) is 0.438. The summed E-state index contributed by atoms with van der Waals surface area (Å²) in [7, 11) is 0. The summed E-state index contributed by atoms with van der Waals surface area (Å²) in [6.45, 7) is 0.546. The quantitative estimate of drug-likeness (QED) is 0.823. The van der Waals surface area contributed by atoms with Crippen LogP contribution in [-0.2, 0) is 0 Å². The highest BCUT2D eigenvalue weighted by molar-refractivity contribution is 6.31. The Hall–Kier alpha value is -1.13. The highest BCUT2D eigenvalue weighted by atomic mass is 35.5. The molecule has 2 rings (SSSR count). The number of hydrogen-bond acceptors (Lipinski definition) is 4. The lowest BCUT2D eigenvalue weighted by atomic mass is 9.75. The smallest absolute Gasteiger partial charge is 0.170 e. The Labute approximate surface area is 112 Å². The largest absolute Gasteiger partial charge is 0.383 e. The number of hydrogen-bond donors (Lipinski definition) is 2. The summed E-state index contributed by atoms with van der Waals surface area (Å²) in [5.74, 6) is 0.513. The van der Waals surface area contributed by atoms with E-state index in [1.807, 2.05) is 0 Å². The molecule has 0 aromatic carbocycles. The van der Waals surface area contributed by atoms with E-state index in [1.165, 1.54) is 6.20 Å². The average molecular weight is 268 g/mol. The third kappa shape index (κ3) is 2.65. The second kappa shape index (κ2) is 5.67. The van der Waals surface area contributed by atoms with Gasteiger partial charge < -0.3 is 11.5 Å². The number of nitrogen functional groups attached to an aromatic ring is 1. The Morgan fingerprint density at radius 2 is 2.17 bits per heavy atom. The van der Waals surface area contributed by atoms with E-state index in [0.29, 0.717) is 17.1 Å². The van der Waals surface area contributed by atoms with Gasteiger partial charge in [0.15, 0.2) is 5.78 Å². The number of pyridine rings is 1. The molecule has 2 unspecified atom stereocenters. The van der Waals surface area contributed by atoms with Crippen LogP contribution in [0.4, 0.5) is 5.82 Å². The standard InChI is InChI=1S/C13H18ClN3O/c14-9-5-11(13(16)17-7-9)12(18)10-4-2-1-3-8(10)6-15/h5,7-8,10H,1-4,6,15H2,(H2,16,17). The van der Waals surface area contributed by atoms with Crippen molar-refractivity contribution >= 4 is 23.2 Å². The van der Waals surface area contributed by atoms with Crippen molar-refractivity contribution in [3.05, 3.63) is 22.8 Å². The zero-order valence-electron chi connectivity index (χ0n) is 10.2. The maximum Gasteiger partial charge on any atom is 0.170 e. The molecule has 4 N–H and O–H groups in total. The van der Waals surface area contributed by atoms with Crippen molar-refractivity contribution < 1.29 is 4.79 Å². The molecule has 4 nitrogen and oxygen atoms in total. The fourth-order valence-electron chi connectivity index (χ4n) is 2.68. The molecule has 2 atom stereocenters. The van der Waals surface area contributed by atoms with Crippen molar-refractivity contribution in [2.75, 3.05) is 12.3 Å². The molecule has 0 spiro atoms. The van der Waals surface area contributed by atoms with Gasteiger partial charge in [0.05, 0.1) is 10.6 Å². The van der Waals surface area contributed by atoms with Crippen molar-refractivity contribution in [2.24, 2.45) is 17.6 Å². The van der Waals surface area contributed by atoms with Crippen molar-refractivity contribution in [2.45, 2.75) is 25.7 Å². The van der Waals surface area contributed by atoms with Gasteiger partial charge in [0.25, 0.3) is 0 Å². The van der Waals surface area contributed by atoms with Crippen LogP contribution in [0.3, 0.4) is 0 Å². The predicted molar refractivity (Wildman–Crippen MR) is 72.5 cm³/mol. The second-order valence-corrected chi connectivity index (χ2v) is 5.27. The Bertz CT molecular complexity index is 450. The average Bonchev–Trinajstić information content (AvgIpc) is 2.40. The van der Waals surface area contributed by atoms with Gasteiger partial charge in [-0.15, -0.1) is 0 Å². The van der Waals surface area contributed by atoms with Gasteiger partial charge in [0, 0.05) is 12.1 Å². The van der Waals surface area contributed by atoms with Crippen LogP contribution in [-0.4, -0.2) is 17.3 Å². The lowest BCUT2D eigenvalue weighted by Gasteiger charge is -2.29. The molecule has 1 aliphatic carbocycles. The van der Waals surface area contributed by atoms with Gasteiger partial charge in [-0.2, -0.15) is 0 Å². The first-order valence-electron chi connectivity index (χ1n) is 6.28. The van der Waals surface area contributed by atoms with Crippen LogP contribution >= 0.6 is 11.6 Å². The molecule has 0 aliphatic heterocycles. The molecule has 1 saturated carbocycles. The van der Waals surface area contributed by atoms with Gasteiger partial charge in [0.1, 0.15) is 5.82 Å². The number of aromatic nitrogens is 1. The number of carbonyl (C=O) groups excluding carboxylic acids is 1. The Balaban J connectivity index is 2.26. The van der Waals surface area contributed by atoms with E-state index >= 15 is 0 Å². The number of Topliss-reactive ketones (excluding diaryl/α,β-unsaturated/α-hetero) is 1.